The Kier molecular flexibility index (Phi) is 3.97. The Morgan fingerprint density at radius 1 is 1.50 bits per heavy atom. The topological polar surface area (TPSA) is 83.3 Å². The second-order valence-electron chi connectivity index (χ2n) is 6.94. The van der Waals surface area contributed by atoms with Crippen LogP contribution in [0.3, 0.4) is 0 Å². The molecule has 24 heavy (non-hydrogen) atoms. The second-order valence-corrected chi connectivity index (χ2v) is 6.94. The van der Waals surface area contributed by atoms with Gasteiger partial charge in [0.1, 0.15) is 0 Å². The molecule has 2 fully saturated rings. The molecule has 0 radical (unpaired) electrons. The van der Waals surface area contributed by atoms with Crippen molar-refractivity contribution in [1.29, 1.82) is 0 Å². The molecule has 3 heterocycles. The largest absolute Gasteiger partial charge is 0.350 e. The van der Waals surface area contributed by atoms with E-state index in [2.05, 4.69) is 32.7 Å². The number of pyridine rings is 1. The van der Waals surface area contributed by atoms with E-state index in [1.807, 2.05) is 13.0 Å². The number of fused-ring (bicyclic) bond motifs is 1. The van der Waals surface area contributed by atoms with Crippen molar-refractivity contribution in [2.45, 2.75) is 31.7 Å². The normalized spacial score (nSPS) is 22.0. The summed E-state index contributed by atoms with van der Waals surface area (Å²) in [7, 11) is 2.10. The molecule has 1 saturated carbocycles. The van der Waals surface area contributed by atoms with Crippen molar-refractivity contribution in [2.24, 2.45) is 0 Å². The van der Waals surface area contributed by atoms with Gasteiger partial charge in [-0.2, -0.15) is 0 Å². The Morgan fingerprint density at radius 2 is 2.33 bits per heavy atom. The molecule has 2 aliphatic rings. The van der Waals surface area contributed by atoms with Crippen LogP contribution in [0, 0.1) is 6.92 Å². The first kappa shape index (κ1) is 15.5. The number of amides is 1. The van der Waals surface area contributed by atoms with Crippen LogP contribution in [0.25, 0.3) is 11.1 Å². The number of likely N-dealkylation sites (N-methyl/N-ethyl adjacent to an activating group) is 1. The number of aryl methyl sites for hydroxylation is 1. The summed E-state index contributed by atoms with van der Waals surface area (Å²) < 4.78 is 5.31. The predicted octanol–water partition coefficient (Wildman–Crippen LogP) is 1.04. The monoisotopic (exact) mass is 329 g/mol. The highest BCUT2D eigenvalue weighted by atomic mass is 16.5. The summed E-state index contributed by atoms with van der Waals surface area (Å²) in [5.41, 5.74) is 2.75. The standard InChI is InChI=1S/C17H23N5O2/c1-10-15-13(7-14(11-3-4-11)20-17(15)24-21-10)16(23)19-8-12-9-22(2)6-5-18-12/h7,11-12,18H,3-6,8-9H2,1-2H3,(H,19,23). The van der Waals surface area contributed by atoms with Gasteiger partial charge >= 0.3 is 0 Å². The molecular formula is C17H23N5O2. The van der Waals surface area contributed by atoms with Gasteiger partial charge in [-0.15, -0.1) is 0 Å². The number of nitrogens with one attached hydrogen (secondary N) is 2. The molecule has 128 valence electrons. The van der Waals surface area contributed by atoms with Crippen LogP contribution in [0.15, 0.2) is 10.6 Å². The maximum atomic E-state index is 12.8. The van der Waals surface area contributed by atoms with Crippen LogP contribution >= 0.6 is 0 Å². The number of aromatic nitrogens is 2. The number of hydrogen-bond donors (Lipinski definition) is 2. The fourth-order valence-corrected chi connectivity index (χ4v) is 3.32. The summed E-state index contributed by atoms with van der Waals surface area (Å²) in [5, 5.41) is 11.2. The Balaban J connectivity index is 1.55. The van der Waals surface area contributed by atoms with Crippen LogP contribution in [-0.2, 0) is 0 Å². The second kappa shape index (κ2) is 6.14. The number of rotatable bonds is 4. The van der Waals surface area contributed by atoms with E-state index in [1.54, 1.807) is 0 Å². The fourth-order valence-electron chi connectivity index (χ4n) is 3.32. The molecular weight excluding hydrogens is 306 g/mol. The fraction of sp³-hybridized carbons (Fsp3) is 0.588. The molecule has 0 aromatic carbocycles. The van der Waals surface area contributed by atoms with Crippen LogP contribution in [0.1, 0.15) is 40.5 Å². The Bertz CT molecular complexity index is 768. The molecule has 0 bridgehead atoms. The molecule has 7 nitrogen and oxygen atoms in total. The number of piperazine rings is 1. The Morgan fingerprint density at radius 3 is 3.08 bits per heavy atom. The minimum absolute atomic E-state index is 0.0781. The lowest BCUT2D eigenvalue weighted by molar-refractivity contribution is 0.0945. The van der Waals surface area contributed by atoms with E-state index in [9.17, 15) is 4.79 Å². The summed E-state index contributed by atoms with van der Waals surface area (Å²) in [6, 6.07) is 2.19. The van der Waals surface area contributed by atoms with E-state index >= 15 is 0 Å². The highest BCUT2D eigenvalue weighted by Gasteiger charge is 2.29. The maximum absolute atomic E-state index is 12.8. The van der Waals surface area contributed by atoms with Crippen molar-refractivity contribution in [2.75, 3.05) is 33.2 Å². The van der Waals surface area contributed by atoms with Gasteiger partial charge in [-0.1, -0.05) is 5.16 Å². The van der Waals surface area contributed by atoms with Crippen molar-refractivity contribution in [3.8, 4) is 0 Å². The summed E-state index contributed by atoms with van der Waals surface area (Å²) in [5.74, 6) is 0.380. The molecule has 1 aliphatic carbocycles. The third-order valence-corrected chi connectivity index (χ3v) is 4.84. The first-order valence-electron chi connectivity index (χ1n) is 8.59. The van der Waals surface area contributed by atoms with Crippen LogP contribution in [0.5, 0.6) is 0 Å². The molecule has 1 amide bonds. The summed E-state index contributed by atoms with van der Waals surface area (Å²) >= 11 is 0. The van der Waals surface area contributed by atoms with Gasteiger partial charge in [0.25, 0.3) is 11.6 Å². The van der Waals surface area contributed by atoms with Gasteiger partial charge in [-0.25, -0.2) is 4.98 Å². The Hall–Kier alpha value is -1.99. The average Bonchev–Trinajstić information content (AvgIpc) is 3.36. The summed E-state index contributed by atoms with van der Waals surface area (Å²) in [6.45, 7) is 5.38. The highest BCUT2D eigenvalue weighted by molar-refractivity contribution is 6.06. The quantitative estimate of drug-likeness (QED) is 0.872. The van der Waals surface area contributed by atoms with Gasteiger partial charge in [0, 0.05) is 43.8 Å². The number of nitrogens with zero attached hydrogens (tertiary/aromatic N) is 3. The summed E-state index contributed by atoms with van der Waals surface area (Å²) in [6.07, 6.45) is 2.26. The molecule has 2 aromatic heterocycles. The molecule has 1 aliphatic heterocycles. The first-order chi connectivity index (χ1) is 11.6. The first-order valence-corrected chi connectivity index (χ1v) is 8.59. The number of hydrogen-bond acceptors (Lipinski definition) is 6. The van der Waals surface area contributed by atoms with Crippen molar-refractivity contribution in [3.63, 3.8) is 0 Å². The van der Waals surface area contributed by atoms with Gasteiger partial charge < -0.3 is 20.1 Å². The van der Waals surface area contributed by atoms with Gasteiger partial charge in [0.15, 0.2) is 0 Å². The van der Waals surface area contributed by atoms with Gasteiger partial charge in [-0.3, -0.25) is 4.79 Å². The molecule has 1 unspecified atom stereocenters. The maximum Gasteiger partial charge on any atom is 0.259 e. The van der Waals surface area contributed by atoms with Gasteiger partial charge in [0.05, 0.1) is 16.6 Å². The zero-order valence-electron chi connectivity index (χ0n) is 14.1. The number of carbonyl (C=O) groups excluding carboxylic acids is 1. The van der Waals surface area contributed by atoms with E-state index in [0.717, 1.165) is 43.6 Å². The highest BCUT2D eigenvalue weighted by Crippen LogP contribution is 2.40. The lowest BCUT2D eigenvalue weighted by Crippen LogP contribution is -2.53. The Labute approximate surface area is 140 Å². The average molecular weight is 329 g/mol. The lowest BCUT2D eigenvalue weighted by atomic mass is 10.1. The molecule has 7 heteroatoms. The SMILES string of the molecule is Cc1noc2nc(C3CC3)cc(C(=O)NCC3CN(C)CCN3)c12. The minimum Gasteiger partial charge on any atom is -0.350 e. The van der Waals surface area contributed by atoms with E-state index in [0.29, 0.717) is 29.4 Å². The van der Waals surface area contributed by atoms with Crippen molar-refractivity contribution < 1.29 is 9.32 Å². The predicted molar refractivity (Wildman–Crippen MR) is 90.1 cm³/mol. The van der Waals surface area contributed by atoms with E-state index < -0.39 is 0 Å². The van der Waals surface area contributed by atoms with Crippen molar-refractivity contribution in [3.05, 3.63) is 23.0 Å². The van der Waals surface area contributed by atoms with Crippen LogP contribution in [-0.4, -0.2) is 60.2 Å². The summed E-state index contributed by atoms with van der Waals surface area (Å²) in [4.78, 5) is 19.6. The molecule has 1 atom stereocenters. The molecule has 2 aromatic rings. The minimum atomic E-state index is -0.0781. The molecule has 4 rings (SSSR count). The van der Waals surface area contributed by atoms with Crippen molar-refractivity contribution in [1.82, 2.24) is 25.7 Å². The molecule has 0 spiro atoms. The van der Waals surface area contributed by atoms with E-state index in [-0.39, 0.29) is 11.9 Å². The molecule has 2 N–H and O–H groups in total. The smallest absolute Gasteiger partial charge is 0.259 e. The van der Waals surface area contributed by atoms with Gasteiger partial charge in [-0.05, 0) is 32.9 Å². The third-order valence-electron chi connectivity index (χ3n) is 4.84. The van der Waals surface area contributed by atoms with E-state index in [1.165, 1.54) is 0 Å². The zero-order valence-corrected chi connectivity index (χ0v) is 14.1. The number of carbonyl (C=O) groups is 1. The van der Waals surface area contributed by atoms with Gasteiger partial charge in [0.2, 0.25) is 0 Å². The molecule has 1 saturated heterocycles. The van der Waals surface area contributed by atoms with Crippen LogP contribution in [0.4, 0.5) is 0 Å². The van der Waals surface area contributed by atoms with Crippen LogP contribution < -0.4 is 10.6 Å². The van der Waals surface area contributed by atoms with Crippen LogP contribution in [0.2, 0.25) is 0 Å². The van der Waals surface area contributed by atoms with E-state index in [4.69, 9.17) is 4.52 Å². The zero-order chi connectivity index (χ0) is 16.7. The third kappa shape index (κ3) is 3.01. The lowest BCUT2D eigenvalue weighted by Gasteiger charge is -2.30. The van der Waals surface area contributed by atoms with Crippen molar-refractivity contribution >= 4 is 17.0 Å².